The van der Waals surface area contributed by atoms with Gasteiger partial charge in [-0.05, 0) is 13.3 Å². The summed E-state index contributed by atoms with van der Waals surface area (Å²) in [5.74, 6) is -1.41. The van der Waals surface area contributed by atoms with Gasteiger partial charge in [0.1, 0.15) is 6.10 Å². The third kappa shape index (κ3) is 10.6. The fraction of sp³-hybridized carbons (Fsp3) is 0.818. The molecule has 0 amide bonds. The number of unbranched alkanes of at least 4 members (excludes halogenated alkanes) is 4. The molecule has 1 N–H and O–H groups in total. The van der Waals surface area contributed by atoms with Crippen molar-refractivity contribution < 1.29 is 19.4 Å². The molecule has 0 heterocycles. The summed E-state index contributed by atoms with van der Waals surface area (Å²) >= 11 is 0. The molecule has 16 heavy (non-hydrogen) atoms. The third-order valence-corrected chi connectivity index (χ3v) is 2.04. The van der Waals surface area contributed by atoms with Crippen molar-refractivity contribution >= 4 is 41.5 Å². The van der Waals surface area contributed by atoms with Gasteiger partial charge in [0, 0.05) is 6.42 Å². The Balaban J connectivity index is 0. The molecule has 0 aromatic heterocycles. The van der Waals surface area contributed by atoms with Crippen molar-refractivity contribution in [1.82, 2.24) is 0 Å². The second-order valence-corrected chi connectivity index (χ2v) is 3.63. The van der Waals surface area contributed by atoms with Crippen LogP contribution in [0.5, 0.6) is 0 Å². The first-order chi connectivity index (χ1) is 7.07. The maximum absolute atomic E-state index is 11.0. The van der Waals surface area contributed by atoms with E-state index < -0.39 is 18.0 Å². The molecule has 0 radical (unpaired) electrons. The van der Waals surface area contributed by atoms with Gasteiger partial charge in [0.05, 0.1) is 0 Å². The van der Waals surface area contributed by atoms with Crippen molar-refractivity contribution in [3.05, 3.63) is 0 Å². The molecule has 1 atom stereocenters. The molecule has 90 valence electrons. The van der Waals surface area contributed by atoms with E-state index in [1.807, 2.05) is 0 Å². The number of aliphatic hydroxyl groups excluding tert-OH is 1. The molecule has 0 rings (SSSR count). The average molecular weight is 240 g/mol. The van der Waals surface area contributed by atoms with E-state index in [9.17, 15) is 9.59 Å². The summed E-state index contributed by atoms with van der Waals surface area (Å²) in [6.07, 6.45) is 4.18. The molecule has 0 aromatic rings. The minimum atomic E-state index is -1.23. The van der Waals surface area contributed by atoms with Crippen LogP contribution in [0.2, 0.25) is 0 Å². The molecular weight excluding hydrogens is 219 g/mol. The predicted octanol–water partition coefficient (Wildman–Crippen LogP) is 1.15. The van der Waals surface area contributed by atoms with Gasteiger partial charge >= 0.3 is 41.5 Å². The Morgan fingerprint density at radius 1 is 1.19 bits per heavy atom. The van der Waals surface area contributed by atoms with Crippen LogP contribution in [0.15, 0.2) is 0 Å². The topological polar surface area (TPSA) is 63.6 Å². The van der Waals surface area contributed by atoms with Crippen molar-refractivity contribution in [3.63, 3.8) is 0 Å². The second-order valence-electron chi connectivity index (χ2n) is 3.63. The molecule has 5 heteroatoms. The standard InChI is InChI=1S/C11H20O4.Na.H/c1-3-4-5-6-7-8-10(13)15-11(14)9(2)12;;/h9,12H,3-8H2,1-2H3;;. The molecule has 0 fully saturated rings. The van der Waals surface area contributed by atoms with Crippen molar-refractivity contribution in [2.75, 3.05) is 0 Å². The molecule has 1 unspecified atom stereocenters. The molecular formula is C11H21NaO4. The van der Waals surface area contributed by atoms with E-state index in [2.05, 4.69) is 11.7 Å². The fourth-order valence-electron chi connectivity index (χ4n) is 1.12. The van der Waals surface area contributed by atoms with Crippen LogP contribution in [0, 0.1) is 0 Å². The zero-order valence-corrected chi connectivity index (χ0v) is 9.49. The minimum absolute atomic E-state index is 0. The second kappa shape index (κ2) is 11.6. The summed E-state index contributed by atoms with van der Waals surface area (Å²) in [7, 11) is 0. The number of hydrogen-bond acceptors (Lipinski definition) is 4. The van der Waals surface area contributed by atoms with Gasteiger partial charge in [-0.25, -0.2) is 4.79 Å². The van der Waals surface area contributed by atoms with E-state index in [0.717, 1.165) is 25.7 Å². The van der Waals surface area contributed by atoms with Crippen molar-refractivity contribution in [2.24, 2.45) is 0 Å². The number of aliphatic hydroxyl groups is 1. The maximum atomic E-state index is 11.0. The summed E-state index contributed by atoms with van der Waals surface area (Å²) in [6, 6.07) is 0. The Morgan fingerprint density at radius 3 is 2.25 bits per heavy atom. The third-order valence-electron chi connectivity index (χ3n) is 2.04. The van der Waals surface area contributed by atoms with Crippen LogP contribution in [-0.2, 0) is 14.3 Å². The van der Waals surface area contributed by atoms with Crippen LogP contribution in [0.25, 0.3) is 0 Å². The number of hydrogen-bond donors (Lipinski definition) is 1. The van der Waals surface area contributed by atoms with Crippen molar-refractivity contribution in [1.29, 1.82) is 0 Å². The Morgan fingerprint density at radius 2 is 1.75 bits per heavy atom. The molecule has 4 nitrogen and oxygen atoms in total. The van der Waals surface area contributed by atoms with Gasteiger partial charge in [0.15, 0.2) is 0 Å². The quantitative estimate of drug-likeness (QED) is 0.314. The van der Waals surface area contributed by atoms with Crippen LogP contribution >= 0.6 is 0 Å². The number of carbonyl (C=O) groups excluding carboxylic acids is 2. The van der Waals surface area contributed by atoms with E-state index in [4.69, 9.17) is 5.11 Å². The van der Waals surface area contributed by atoms with Gasteiger partial charge in [-0.1, -0.05) is 32.6 Å². The molecule has 0 aliphatic heterocycles. The predicted molar refractivity (Wildman–Crippen MR) is 63.3 cm³/mol. The fourth-order valence-corrected chi connectivity index (χ4v) is 1.12. The van der Waals surface area contributed by atoms with E-state index in [1.165, 1.54) is 13.3 Å². The van der Waals surface area contributed by atoms with E-state index in [0.29, 0.717) is 0 Å². The van der Waals surface area contributed by atoms with E-state index in [-0.39, 0.29) is 36.0 Å². The summed E-state index contributed by atoms with van der Waals surface area (Å²) in [5.41, 5.74) is 0. The molecule has 0 aliphatic rings. The number of carbonyl (C=O) groups is 2. The van der Waals surface area contributed by atoms with Crippen molar-refractivity contribution in [2.45, 2.75) is 58.5 Å². The summed E-state index contributed by atoms with van der Waals surface area (Å²) in [5, 5.41) is 8.78. The van der Waals surface area contributed by atoms with Gasteiger partial charge in [-0.15, -0.1) is 0 Å². The number of esters is 2. The zero-order chi connectivity index (χ0) is 11.7. The van der Waals surface area contributed by atoms with Crippen LogP contribution in [-0.4, -0.2) is 52.7 Å². The first kappa shape index (κ1) is 18.5. The first-order valence-corrected chi connectivity index (χ1v) is 5.50. The Kier molecular flexibility index (Phi) is 13.4. The molecule has 0 bridgehead atoms. The van der Waals surface area contributed by atoms with E-state index in [1.54, 1.807) is 0 Å². The number of ether oxygens (including phenoxy) is 1. The average Bonchev–Trinajstić information content (AvgIpc) is 2.17. The summed E-state index contributed by atoms with van der Waals surface area (Å²) < 4.78 is 4.39. The molecule has 0 aromatic carbocycles. The Hall–Kier alpha value is 0.1000. The van der Waals surface area contributed by atoms with Gasteiger partial charge in [0.25, 0.3) is 0 Å². The first-order valence-electron chi connectivity index (χ1n) is 5.50. The summed E-state index contributed by atoms with van der Waals surface area (Å²) in [4.78, 5) is 21.8. The van der Waals surface area contributed by atoms with Gasteiger partial charge in [-0.2, -0.15) is 0 Å². The molecule has 0 aliphatic carbocycles. The van der Waals surface area contributed by atoms with Gasteiger partial charge < -0.3 is 9.84 Å². The summed E-state index contributed by atoms with van der Waals surface area (Å²) in [6.45, 7) is 3.40. The van der Waals surface area contributed by atoms with E-state index >= 15 is 0 Å². The normalized spacial score (nSPS) is 11.4. The molecule has 0 saturated heterocycles. The zero-order valence-electron chi connectivity index (χ0n) is 9.49. The van der Waals surface area contributed by atoms with Gasteiger partial charge in [-0.3, -0.25) is 4.79 Å². The monoisotopic (exact) mass is 240 g/mol. The Labute approximate surface area is 119 Å². The number of rotatable bonds is 7. The van der Waals surface area contributed by atoms with Crippen LogP contribution < -0.4 is 0 Å². The molecule has 0 saturated carbocycles. The van der Waals surface area contributed by atoms with Crippen LogP contribution in [0.4, 0.5) is 0 Å². The molecule has 0 spiro atoms. The van der Waals surface area contributed by atoms with Gasteiger partial charge in [0.2, 0.25) is 0 Å². The Bertz CT molecular complexity index is 204. The van der Waals surface area contributed by atoms with Crippen LogP contribution in [0.3, 0.4) is 0 Å². The van der Waals surface area contributed by atoms with Crippen LogP contribution in [0.1, 0.15) is 52.4 Å². The SMILES string of the molecule is CCCCCCCC(=O)OC(=O)C(C)O.[NaH]. The van der Waals surface area contributed by atoms with Crippen molar-refractivity contribution in [3.8, 4) is 0 Å².